The zero-order valence-corrected chi connectivity index (χ0v) is 13.3. The van der Waals surface area contributed by atoms with E-state index in [4.69, 9.17) is 4.74 Å². The number of ether oxygens (including phenoxy) is 1. The molecule has 5 nitrogen and oxygen atoms in total. The van der Waals surface area contributed by atoms with Crippen molar-refractivity contribution in [3.63, 3.8) is 0 Å². The number of fused-ring (bicyclic) bond motifs is 1. The van der Waals surface area contributed by atoms with Crippen LogP contribution in [0.5, 0.6) is 11.6 Å². The zero-order chi connectivity index (χ0) is 16.4. The maximum Gasteiger partial charge on any atom is 0.237 e. The number of aryl methyl sites for hydroxylation is 1. The molecule has 2 aromatic heterocycles. The van der Waals surface area contributed by atoms with Crippen LogP contribution >= 0.6 is 0 Å². The number of para-hydroxylation sites is 1. The Morgan fingerprint density at radius 1 is 0.917 bits per heavy atom. The molecule has 0 saturated carbocycles. The molecule has 4 rings (SSSR count). The maximum absolute atomic E-state index is 5.79. The summed E-state index contributed by atoms with van der Waals surface area (Å²) in [4.78, 5) is 0. The van der Waals surface area contributed by atoms with Crippen molar-refractivity contribution in [1.82, 2.24) is 19.8 Å². The average Bonchev–Trinajstić information content (AvgIpc) is 2.98. The smallest absolute Gasteiger partial charge is 0.237 e. The van der Waals surface area contributed by atoms with Crippen molar-refractivity contribution in [2.75, 3.05) is 0 Å². The van der Waals surface area contributed by atoms with Crippen LogP contribution in [0.4, 0.5) is 0 Å². The number of benzene rings is 2. The van der Waals surface area contributed by atoms with Gasteiger partial charge in [-0.1, -0.05) is 48.0 Å². The van der Waals surface area contributed by atoms with Gasteiger partial charge in [0.25, 0.3) is 0 Å². The molecule has 0 radical (unpaired) electrons. The van der Waals surface area contributed by atoms with Crippen molar-refractivity contribution in [3.8, 4) is 11.6 Å². The third kappa shape index (κ3) is 2.96. The lowest BCUT2D eigenvalue weighted by atomic mass is 10.1. The maximum atomic E-state index is 5.79. The van der Waals surface area contributed by atoms with Gasteiger partial charge in [0.1, 0.15) is 5.75 Å². The molecule has 0 aliphatic carbocycles. The van der Waals surface area contributed by atoms with E-state index in [1.807, 2.05) is 42.5 Å². The first-order chi connectivity index (χ1) is 11.8. The second-order valence-corrected chi connectivity index (χ2v) is 5.64. The molecular weight excluding hydrogens is 300 g/mol. The summed E-state index contributed by atoms with van der Waals surface area (Å²) < 4.78 is 7.53. The van der Waals surface area contributed by atoms with E-state index in [0.29, 0.717) is 17.9 Å². The largest absolute Gasteiger partial charge is 0.438 e. The SMILES string of the molecule is Cc1cccc(Cc2nnc3ccc(Oc4ccccc4)nn23)c1. The first-order valence-corrected chi connectivity index (χ1v) is 7.78. The Labute approximate surface area is 139 Å². The molecule has 2 aromatic carbocycles. The minimum absolute atomic E-state index is 0.513. The van der Waals surface area contributed by atoms with Crippen molar-refractivity contribution < 1.29 is 4.74 Å². The Balaban J connectivity index is 1.66. The van der Waals surface area contributed by atoms with Gasteiger partial charge in [0, 0.05) is 12.5 Å². The molecule has 118 valence electrons. The molecule has 0 saturated heterocycles. The van der Waals surface area contributed by atoms with Crippen LogP contribution in [-0.2, 0) is 6.42 Å². The number of rotatable bonds is 4. The summed E-state index contributed by atoms with van der Waals surface area (Å²) in [5.74, 6) is 2.05. The molecular formula is C19H16N4O. The van der Waals surface area contributed by atoms with Crippen molar-refractivity contribution in [2.45, 2.75) is 13.3 Å². The Morgan fingerprint density at radius 3 is 2.62 bits per heavy atom. The highest BCUT2D eigenvalue weighted by Gasteiger charge is 2.09. The summed E-state index contributed by atoms with van der Waals surface area (Å²) in [6.07, 6.45) is 0.671. The second-order valence-electron chi connectivity index (χ2n) is 5.64. The fraction of sp³-hybridized carbons (Fsp3) is 0.105. The van der Waals surface area contributed by atoms with E-state index in [0.717, 1.165) is 11.6 Å². The van der Waals surface area contributed by atoms with Crippen LogP contribution in [0, 0.1) is 6.92 Å². The summed E-state index contributed by atoms with van der Waals surface area (Å²) in [5.41, 5.74) is 3.11. The lowest BCUT2D eigenvalue weighted by Gasteiger charge is -2.05. The summed E-state index contributed by atoms with van der Waals surface area (Å²) in [5, 5.41) is 13.0. The molecule has 0 spiro atoms. The highest BCUT2D eigenvalue weighted by Crippen LogP contribution is 2.19. The van der Waals surface area contributed by atoms with Gasteiger partial charge in [-0.15, -0.1) is 15.3 Å². The Bertz CT molecular complexity index is 979. The second kappa shape index (κ2) is 6.12. The van der Waals surface area contributed by atoms with Crippen molar-refractivity contribution in [1.29, 1.82) is 0 Å². The third-order valence-corrected chi connectivity index (χ3v) is 3.71. The predicted molar refractivity (Wildman–Crippen MR) is 91.3 cm³/mol. The molecule has 0 fully saturated rings. The minimum Gasteiger partial charge on any atom is -0.438 e. The van der Waals surface area contributed by atoms with Crippen LogP contribution in [0.1, 0.15) is 17.0 Å². The van der Waals surface area contributed by atoms with E-state index in [1.54, 1.807) is 10.6 Å². The minimum atomic E-state index is 0.513. The lowest BCUT2D eigenvalue weighted by molar-refractivity contribution is 0.451. The van der Waals surface area contributed by atoms with Gasteiger partial charge in [-0.05, 0) is 30.7 Å². The van der Waals surface area contributed by atoms with Gasteiger partial charge < -0.3 is 4.74 Å². The fourth-order valence-corrected chi connectivity index (χ4v) is 2.60. The van der Waals surface area contributed by atoms with E-state index in [-0.39, 0.29) is 0 Å². The topological polar surface area (TPSA) is 52.3 Å². The van der Waals surface area contributed by atoms with Crippen LogP contribution in [0.3, 0.4) is 0 Å². The highest BCUT2D eigenvalue weighted by molar-refractivity contribution is 5.39. The molecule has 2 heterocycles. The summed E-state index contributed by atoms with van der Waals surface area (Å²) >= 11 is 0. The Kier molecular flexibility index (Phi) is 3.67. The molecule has 4 aromatic rings. The molecule has 0 amide bonds. The van der Waals surface area contributed by atoms with Gasteiger partial charge in [0.05, 0.1) is 0 Å². The van der Waals surface area contributed by atoms with Gasteiger partial charge >= 0.3 is 0 Å². The first-order valence-electron chi connectivity index (χ1n) is 7.78. The van der Waals surface area contributed by atoms with Crippen molar-refractivity contribution in [3.05, 3.63) is 83.7 Å². The van der Waals surface area contributed by atoms with Gasteiger partial charge in [-0.25, -0.2) is 0 Å². The molecule has 0 atom stereocenters. The molecule has 24 heavy (non-hydrogen) atoms. The van der Waals surface area contributed by atoms with E-state index in [9.17, 15) is 0 Å². The molecule has 0 N–H and O–H groups in total. The van der Waals surface area contributed by atoms with E-state index >= 15 is 0 Å². The van der Waals surface area contributed by atoms with Crippen LogP contribution < -0.4 is 4.74 Å². The fourth-order valence-electron chi connectivity index (χ4n) is 2.60. The summed E-state index contributed by atoms with van der Waals surface area (Å²) in [7, 11) is 0. The van der Waals surface area contributed by atoms with E-state index in [2.05, 4.69) is 40.4 Å². The molecule has 0 aliphatic heterocycles. The predicted octanol–water partition coefficient (Wildman–Crippen LogP) is 3.82. The van der Waals surface area contributed by atoms with Gasteiger partial charge in [-0.3, -0.25) is 0 Å². The zero-order valence-electron chi connectivity index (χ0n) is 13.3. The van der Waals surface area contributed by atoms with Gasteiger partial charge in [0.2, 0.25) is 5.88 Å². The van der Waals surface area contributed by atoms with Crippen molar-refractivity contribution in [2.24, 2.45) is 0 Å². The highest BCUT2D eigenvalue weighted by atomic mass is 16.5. The summed E-state index contributed by atoms with van der Waals surface area (Å²) in [6.45, 7) is 2.08. The quantitative estimate of drug-likeness (QED) is 0.574. The van der Waals surface area contributed by atoms with Gasteiger partial charge in [0.15, 0.2) is 11.5 Å². The molecule has 0 aliphatic rings. The van der Waals surface area contributed by atoms with Crippen LogP contribution in [0.25, 0.3) is 5.65 Å². The molecule has 0 unspecified atom stereocenters. The van der Waals surface area contributed by atoms with Crippen LogP contribution in [0.15, 0.2) is 66.7 Å². The average molecular weight is 316 g/mol. The normalized spacial score (nSPS) is 10.9. The van der Waals surface area contributed by atoms with Crippen LogP contribution in [-0.4, -0.2) is 19.8 Å². The monoisotopic (exact) mass is 316 g/mol. The standard InChI is InChI=1S/C19H16N4O/c1-14-6-5-7-15(12-14)13-18-21-20-17-10-11-19(22-23(17)18)24-16-8-3-2-4-9-16/h2-12H,13H2,1H3. The van der Waals surface area contributed by atoms with Gasteiger partial charge in [-0.2, -0.15) is 4.52 Å². The van der Waals surface area contributed by atoms with E-state index in [1.165, 1.54) is 11.1 Å². The number of aromatic nitrogens is 4. The summed E-state index contributed by atoms with van der Waals surface area (Å²) in [6, 6.07) is 21.6. The van der Waals surface area contributed by atoms with Crippen LogP contribution in [0.2, 0.25) is 0 Å². The first kappa shape index (κ1) is 14.4. The molecule has 5 heteroatoms. The Morgan fingerprint density at radius 2 is 1.79 bits per heavy atom. The third-order valence-electron chi connectivity index (χ3n) is 3.71. The van der Waals surface area contributed by atoms with Crippen molar-refractivity contribution >= 4 is 5.65 Å². The Hall–Kier alpha value is -3.21. The number of nitrogens with zero attached hydrogens (tertiary/aromatic N) is 4. The number of hydrogen-bond acceptors (Lipinski definition) is 4. The number of hydrogen-bond donors (Lipinski definition) is 0. The molecule has 0 bridgehead atoms. The lowest BCUT2D eigenvalue weighted by Crippen LogP contribution is -2.01. The van der Waals surface area contributed by atoms with E-state index < -0.39 is 0 Å².